The lowest BCUT2D eigenvalue weighted by Crippen LogP contribution is -2.18. The van der Waals surface area contributed by atoms with E-state index in [2.05, 4.69) is 19.1 Å². The van der Waals surface area contributed by atoms with E-state index in [9.17, 15) is 5.11 Å². The summed E-state index contributed by atoms with van der Waals surface area (Å²) in [7, 11) is 0. The average Bonchev–Trinajstić information content (AvgIpc) is 2.87. The summed E-state index contributed by atoms with van der Waals surface area (Å²) in [6.07, 6.45) is 2.97. The van der Waals surface area contributed by atoms with Gasteiger partial charge in [0.15, 0.2) is 0 Å². The lowest BCUT2D eigenvalue weighted by atomic mass is 9.89. The van der Waals surface area contributed by atoms with Crippen LogP contribution in [0, 0.1) is 0 Å². The smallest absolute Gasteiger partial charge is 0.0718 e. The normalized spacial score (nSPS) is 21.1. The molecule has 1 aromatic carbocycles. The Morgan fingerprint density at radius 1 is 1.31 bits per heavy atom. The molecule has 1 heteroatoms. The fraction of sp³-hybridized carbons (Fsp3) is 0.500. The zero-order valence-corrected chi connectivity index (χ0v) is 8.03. The van der Waals surface area contributed by atoms with E-state index in [1.54, 1.807) is 0 Å². The summed E-state index contributed by atoms with van der Waals surface area (Å²) in [6.45, 7) is 2.15. The highest BCUT2D eigenvalue weighted by molar-refractivity contribution is 5.25. The van der Waals surface area contributed by atoms with Crippen LogP contribution in [0.3, 0.4) is 0 Å². The third-order valence-corrected chi connectivity index (χ3v) is 3.02. The van der Waals surface area contributed by atoms with Crippen molar-refractivity contribution in [3.8, 4) is 0 Å². The van der Waals surface area contributed by atoms with Crippen LogP contribution in [0.4, 0.5) is 0 Å². The summed E-state index contributed by atoms with van der Waals surface area (Å²) < 4.78 is 0. The Morgan fingerprint density at radius 2 is 1.92 bits per heavy atom. The first-order valence-electron chi connectivity index (χ1n) is 5.03. The van der Waals surface area contributed by atoms with Crippen LogP contribution in [-0.4, -0.2) is 10.7 Å². The molecule has 0 bridgehead atoms. The molecule has 0 aliphatic heterocycles. The Morgan fingerprint density at radius 3 is 2.38 bits per heavy atom. The monoisotopic (exact) mass is 176 g/mol. The van der Waals surface area contributed by atoms with Gasteiger partial charge in [-0.3, -0.25) is 0 Å². The SMILES string of the molecule is CCC(c1ccccc1)C1(O)CC1. The van der Waals surface area contributed by atoms with Gasteiger partial charge in [-0.05, 0) is 24.8 Å². The fourth-order valence-electron chi connectivity index (χ4n) is 2.09. The summed E-state index contributed by atoms with van der Waals surface area (Å²) in [5, 5.41) is 10.0. The summed E-state index contributed by atoms with van der Waals surface area (Å²) in [6, 6.07) is 10.3. The molecule has 1 saturated carbocycles. The molecule has 13 heavy (non-hydrogen) atoms. The Balaban J connectivity index is 2.23. The van der Waals surface area contributed by atoms with Crippen molar-refractivity contribution in [3.05, 3.63) is 35.9 Å². The average molecular weight is 176 g/mol. The van der Waals surface area contributed by atoms with Crippen molar-refractivity contribution in [2.24, 2.45) is 0 Å². The standard InChI is InChI=1S/C12H16O/c1-2-11(12(13)8-9-12)10-6-4-3-5-7-10/h3-7,11,13H,2,8-9H2,1H3. The van der Waals surface area contributed by atoms with Crippen molar-refractivity contribution >= 4 is 0 Å². The molecule has 0 spiro atoms. The van der Waals surface area contributed by atoms with Gasteiger partial charge in [-0.25, -0.2) is 0 Å². The van der Waals surface area contributed by atoms with Gasteiger partial charge in [0, 0.05) is 5.92 Å². The first-order valence-corrected chi connectivity index (χ1v) is 5.03. The Labute approximate surface area is 79.4 Å². The molecule has 1 nitrogen and oxygen atoms in total. The zero-order chi connectivity index (χ0) is 9.31. The van der Waals surface area contributed by atoms with Crippen LogP contribution in [0.25, 0.3) is 0 Å². The van der Waals surface area contributed by atoms with Crippen molar-refractivity contribution in [2.45, 2.75) is 37.7 Å². The second-order valence-electron chi connectivity index (χ2n) is 3.98. The molecule has 1 aliphatic carbocycles. The van der Waals surface area contributed by atoms with Gasteiger partial charge < -0.3 is 5.11 Å². The Bertz CT molecular complexity index is 274. The van der Waals surface area contributed by atoms with E-state index >= 15 is 0 Å². The highest BCUT2D eigenvalue weighted by Crippen LogP contribution is 2.48. The Kier molecular flexibility index (Phi) is 2.12. The van der Waals surface area contributed by atoms with E-state index < -0.39 is 0 Å². The van der Waals surface area contributed by atoms with Crippen LogP contribution < -0.4 is 0 Å². The van der Waals surface area contributed by atoms with Crippen LogP contribution in [-0.2, 0) is 0 Å². The van der Waals surface area contributed by atoms with E-state index in [1.807, 2.05) is 18.2 Å². The molecule has 1 atom stereocenters. The summed E-state index contributed by atoms with van der Waals surface area (Å²) >= 11 is 0. The van der Waals surface area contributed by atoms with Crippen molar-refractivity contribution in [1.82, 2.24) is 0 Å². The molecule has 1 unspecified atom stereocenters. The molecule has 70 valence electrons. The summed E-state index contributed by atoms with van der Waals surface area (Å²) in [5.74, 6) is 0.341. The maximum absolute atomic E-state index is 10.0. The van der Waals surface area contributed by atoms with Gasteiger partial charge in [0.25, 0.3) is 0 Å². The molecule has 1 aromatic rings. The number of rotatable bonds is 3. The largest absolute Gasteiger partial charge is 0.389 e. The van der Waals surface area contributed by atoms with E-state index in [4.69, 9.17) is 0 Å². The number of aliphatic hydroxyl groups is 1. The second kappa shape index (κ2) is 3.15. The quantitative estimate of drug-likeness (QED) is 0.750. The third kappa shape index (κ3) is 1.61. The lowest BCUT2D eigenvalue weighted by Gasteiger charge is -2.21. The molecule has 0 radical (unpaired) electrons. The predicted octanol–water partition coefficient (Wildman–Crippen LogP) is 2.71. The molecule has 1 N–H and O–H groups in total. The molecule has 0 amide bonds. The number of hydrogen-bond donors (Lipinski definition) is 1. The summed E-state index contributed by atoms with van der Waals surface area (Å²) in [4.78, 5) is 0. The second-order valence-corrected chi connectivity index (χ2v) is 3.98. The van der Waals surface area contributed by atoms with Crippen molar-refractivity contribution in [3.63, 3.8) is 0 Å². The third-order valence-electron chi connectivity index (χ3n) is 3.02. The highest BCUT2D eigenvalue weighted by Gasteiger charge is 2.47. The van der Waals surface area contributed by atoms with Crippen LogP contribution in [0.15, 0.2) is 30.3 Å². The molecule has 1 aliphatic rings. The van der Waals surface area contributed by atoms with Gasteiger partial charge >= 0.3 is 0 Å². The van der Waals surface area contributed by atoms with Crippen LogP contribution in [0.5, 0.6) is 0 Å². The van der Waals surface area contributed by atoms with E-state index in [0.717, 1.165) is 19.3 Å². The predicted molar refractivity (Wildman–Crippen MR) is 53.7 cm³/mol. The van der Waals surface area contributed by atoms with E-state index in [1.165, 1.54) is 5.56 Å². The van der Waals surface area contributed by atoms with Crippen molar-refractivity contribution < 1.29 is 5.11 Å². The lowest BCUT2D eigenvalue weighted by molar-refractivity contribution is 0.115. The van der Waals surface area contributed by atoms with Crippen molar-refractivity contribution in [1.29, 1.82) is 0 Å². The van der Waals surface area contributed by atoms with Gasteiger partial charge in [0.2, 0.25) is 0 Å². The first-order chi connectivity index (χ1) is 6.26. The fourth-order valence-corrected chi connectivity index (χ4v) is 2.09. The maximum atomic E-state index is 10.0. The molecular formula is C12H16O. The minimum absolute atomic E-state index is 0.341. The molecule has 2 rings (SSSR count). The van der Waals surface area contributed by atoms with E-state index in [0.29, 0.717) is 5.92 Å². The van der Waals surface area contributed by atoms with E-state index in [-0.39, 0.29) is 5.60 Å². The maximum Gasteiger partial charge on any atom is 0.0718 e. The number of hydrogen-bond acceptors (Lipinski definition) is 1. The first kappa shape index (κ1) is 8.76. The Hall–Kier alpha value is -0.820. The van der Waals surface area contributed by atoms with Crippen LogP contribution in [0.2, 0.25) is 0 Å². The zero-order valence-electron chi connectivity index (χ0n) is 8.03. The van der Waals surface area contributed by atoms with Gasteiger partial charge in [0.1, 0.15) is 0 Å². The minimum Gasteiger partial charge on any atom is -0.389 e. The van der Waals surface area contributed by atoms with Crippen LogP contribution >= 0.6 is 0 Å². The molecule has 1 fully saturated rings. The van der Waals surface area contributed by atoms with Crippen molar-refractivity contribution in [2.75, 3.05) is 0 Å². The molecule has 0 heterocycles. The molecule has 0 aromatic heterocycles. The molecular weight excluding hydrogens is 160 g/mol. The van der Waals surface area contributed by atoms with Gasteiger partial charge in [-0.15, -0.1) is 0 Å². The minimum atomic E-state index is -0.379. The molecule has 0 saturated heterocycles. The van der Waals surface area contributed by atoms with Gasteiger partial charge in [-0.1, -0.05) is 37.3 Å². The summed E-state index contributed by atoms with van der Waals surface area (Å²) in [5.41, 5.74) is 0.904. The van der Waals surface area contributed by atoms with Crippen LogP contribution in [0.1, 0.15) is 37.7 Å². The van der Waals surface area contributed by atoms with Gasteiger partial charge in [0.05, 0.1) is 5.60 Å². The van der Waals surface area contributed by atoms with Gasteiger partial charge in [-0.2, -0.15) is 0 Å². The number of benzene rings is 1. The topological polar surface area (TPSA) is 20.2 Å². The highest BCUT2D eigenvalue weighted by atomic mass is 16.3.